The van der Waals surface area contributed by atoms with Gasteiger partial charge in [0.2, 0.25) is 0 Å². The smallest absolute Gasteiger partial charge is 0.169 e. The summed E-state index contributed by atoms with van der Waals surface area (Å²) in [5, 5.41) is 1.49. The van der Waals surface area contributed by atoms with Crippen LogP contribution in [0.2, 0.25) is 16.6 Å². The van der Waals surface area contributed by atoms with Gasteiger partial charge in [-0.1, -0.05) is 57.5 Å². The summed E-state index contributed by atoms with van der Waals surface area (Å²) in [7, 11) is 6.87. The molecule has 2 aliphatic rings. The molecule has 1 saturated carbocycles. The van der Waals surface area contributed by atoms with Crippen molar-refractivity contribution in [2.75, 3.05) is 28.2 Å². The van der Waals surface area contributed by atoms with Crippen molar-refractivity contribution in [2.24, 2.45) is 0 Å². The number of likely N-dealkylation sites (N-methyl/N-ethyl adjacent to an activating group) is 1. The lowest BCUT2D eigenvalue weighted by molar-refractivity contribution is -0.121. The molecule has 2 aromatic rings. The molecule has 0 spiro atoms. The molecule has 0 radical (unpaired) electrons. The van der Waals surface area contributed by atoms with E-state index in [1.54, 1.807) is 11.3 Å². The average Bonchev–Trinajstić information content (AvgIpc) is 3.12. The third kappa shape index (κ3) is 6.13. The number of fused-ring (bicyclic) bond motifs is 3. The fraction of sp³-hybridized carbons (Fsp3) is 0.710. The van der Waals surface area contributed by atoms with Crippen molar-refractivity contribution in [1.82, 2.24) is 14.0 Å². The summed E-state index contributed by atoms with van der Waals surface area (Å²) in [5.41, 5.74) is 6.91. The Morgan fingerprint density at radius 3 is 1.84 bits per heavy atom. The summed E-state index contributed by atoms with van der Waals surface area (Å²) in [6, 6.07) is 8.31. The van der Waals surface area contributed by atoms with Crippen LogP contribution in [0.3, 0.4) is 0 Å². The predicted molar refractivity (Wildman–Crippen MR) is 167 cm³/mol. The topological polar surface area (TPSA) is 28.5 Å². The van der Waals surface area contributed by atoms with Gasteiger partial charge in [0.1, 0.15) is 5.78 Å². The maximum absolute atomic E-state index is 10.8. The fourth-order valence-corrected chi connectivity index (χ4v) is 14.8. The van der Waals surface area contributed by atoms with Gasteiger partial charge in [-0.05, 0) is 101 Å². The van der Waals surface area contributed by atoms with Gasteiger partial charge in [-0.15, -0.1) is 0 Å². The van der Waals surface area contributed by atoms with E-state index in [9.17, 15) is 4.79 Å². The molecule has 4 nitrogen and oxygen atoms in total. The summed E-state index contributed by atoms with van der Waals surface area (Å²) >= 11 is 3.74. The highest BCUT2D eigenvalue weighted by molar-refractivity contribution is 9.10. The fourth-order valence-electron chi connectivity index (χ4n) is 7.61. The van der Waals surface area contributed by atoms with Crippen molar-refractivity contribution in [2.45, 2.75) is 115 Å². The Hall–Kier alpha value is -0.953. The molecular weight excluding hydrogens is 538 g/mol. The zero-order valence-electron chi connectivity index (χ0n) is 25.2. The first-order chi connectivity index (χ1) is 17.3. The number of carbonyl (C=O) groups excluding carboxylic acids is 1. The number of rotatable bonds is 6. The number of halogens is 1. The predicted octanol–water partition coefficient (Wildman–Crippen LogP) is 7.91. The first kappa shape index (κ1) is 30.6. The number of ketones is 1. The van der Waals surface area contributed by atoms with Crippen LogP contribution < -0.4 is 0 Å². The molecule has 0 amide bonds. The molecule has 0 aliphatic heterocycles. The highest BCUT2D eigenvalue weighted by Gasteiger charge is 2.48. The summed E-state index contributed by atoms with van der Waals surface area (Å²) in [4.78, 5) is 15.4. The number of nitrogens with zero attached hydrogens (tertiary/aromatic N) is 3. The van der Waals surface area contributed by atoms with Gasteiger partial charge in [0.15, 0.2) is 8.24 Å². The standard InChI is InChI=1S/C23H37BrN2Si.C8H15NO/c1-15(2)27(16(3)4,17(5)6)26-22-11-9-18(24)13-20(22)21-14-19(25(7)8)10-12-23(21)26;1-9(2)7-3-5-8(10)6-4-7/h9,11,13,15-17,19H,10,12,14H2,1-8H3;7H,3-6H2,1-2H3. The third-order valence-corrected chi connectivity index (χ3v) is 16.8. The lowest BCUT2D eigenvalue weighted by Crippen LogP contribution is -2.53. The lowest BCUT2D eigenvalue weighted by atomic mass is 9.91. The molecule has 0 bridgehead atoms. The number of carbonyl (C=O) groups is 1. The highest BCUT2D eigenvalue weighted by atomic mass is 79.9. The second-order valence-electron chi connectivity index (χ2n) is 12.9. The zero-order valence-corrected chi connectivity index (χ0v) is 27.8. The maximum Gasteiger partial charge on any atom is 0.169 e. The summed E-state index contributed by atoms with van der Waals surface area (Å²) in [6.07, 6.45) is 7.38. The van der Waals surface area contributed by atoms with Crippen molar-refractivity contribution in [3.8, 4) is 0 Å². The Labute approximate surface area is 236 Å². The van der Waals surface area contributed by atoms with E-state index in [1.165, 1.54) is 34.6 Å². The molecule has 1 aromatic carbocycles. The molecule has 1 aromatic heterocycles. The Kier molecular flexibility index (Phi) is 10.3. The first-order valence-corrected chi connectivity index (χ1v) is 17.5. The molecular formula is C31H52BrN3OSi. The van der Waals surface area contributed by atoms with Crippen LogP contribution in [0.1, 0.15) is 84.9 Å². The molecule has 1 heterocycles. The summed E-state index contributed by atoms with van der Waals surface area (Å²) in [5.74, 6) is 0.443. The van der Waals surface area contributed by atoms with E-state index in [-0.39, 0.29) is 0 Å². The molecule has 2 aliphatic carbocycles. The van der Waals surface area contributed by atoms with E-state index in [0.717, 1.165) is 25.7 Å². The van der Waals surface area contributed by atoms with Crippen LogP contribution in [-0.4, -0.2) is 68.3 Å². The Morgan fingerprint density at radius 1 is 0.838 bits per heavy atom. The van der Waals surface area contributed by atoms with Gasteiger partial charge in [-0.3, -0.25) is 4.79 Å². The number of hydrogen-bond acceptors (Lipinski definition) is 3. The van der Waals surface area contributed by atoms with Crippen molar-refractivity contribution < 1.29 is 4.79 Å². The Balaban J connectivity index is 0.000000319. The second kappa shape index (κ2) is 12.5. The minimum absolute atomic E-state index is 0.443. The van der Waals surface area contributed by atoms with Crippen molar-refractivity contribution >= 4 is 40.9 Å². The summed E-state index contributed by atoms with van der Waals surface area (Å²) < 4.78 is 4.13. The molecule has 1 atom stereocenters. The zero-order chi connectivity index (χ0) is 27.7. The van der Waals surface area contributed by atoms with Crippen LogP contribution in [0.15, 0.2) is 22.7 Å². The Morgan fingerprint density at radius 2 is 1.35 bits per heavy atom. The largest absolute Gasteiger partial charge is 0.370 e. The van der Waals surface area contributed by atoms with Crippen LogP contribution in [0.25, 0.3) is 10.9 Å². The van der Waals surface area contributed by atoms with E-state index in [0.29, 0.717) is 34.5 Å². The van der Waals surface area contributed by atoms with Gasteiger partial charge < -0.3 is 14.0 Å². The van der Waals surface area contributed by atoms with E-state index in [4.69, 9.17) is 0 Å². The minimum atomic E-state index is -1.77. The summed E-state index contributed by atoms with van der Waals surface area (Å²) in [6.45, 7) is 14.9. The highest BCUT2D eigenvalue weighted by Crippen LogP contribution is 2.47. The van der Waals surface area contributed by atoms with Gasteiger partial charge in [-0.2, -0.15) is 0 Å². The molecule has 4 rings (SSSR count). The van der Waals surface area contributed by atoms with Crippen LogP contribution in [0, 0.1) is 0 Å². The molecule has 0 N–H and O–H groups in total. The van der Waals surface area contributed by atoms with E-state index < -0.39 is 8.24 Å². The van der Waals surface area contributed by atoms with Gasteiger partial charge in [0.25, 0.3) is 0 Å². The Bertz CT molecular complexity index is 1040. The monoisotopic (exact) mass is 589 g/mol. The number of benzene rings is 1. The van der Waals surface area contributed by atoms with E-state index in [2.05, 4.69) is 118 Å². The lowest BCUT2D eigenvalue weighted by Gasteiger charge is -2.46. The van der Waals surface area contributed by atoms with Gasteiger partial charge in [0, 0.05) is 46.0 Å². The van der Waals surface area contributed by atoms with E-state index >= 15 is 0 Å². The van der Waals surface area contributed by atoms with Crippen molar-refractivity contribution in [3.63, 3.8) is 0 Å². The van der Waals surface area contributed by atoms with Crippen molar-refractivity contribution in [3.05, 3.63) is 33.9 Å². The van der Waals surface area contributed by atoms with Crippen LogP contribution in [0.4, 0.5) is 0 Å². The van der Waals surface area contributed by atoms with Gasteiger partial charge in [-0.25, -0.2) is 0 Å². The minimum Gasteiger partial charge on any atom is -0.370 e. The number of aromatic nitrogens is 1. The van der Waals surface area contributed by atoms with Crippen LogP contribution >= 0.6 is 15.9 Å². The van der Waals surface area contributed by atoms with Gasteiger partial charge in [0.05, 0.1) is 0 Å². The second-order valence-corrected chi connectivity index (χ2v) is 19.5. The quantitative estimate of drug-likeness (QED) is 0.320. The average molecular weight is 591 g/mol. The molecule has 208 valence electrons. The van der Waals surface area contributed by atoms with Crippen LogP contribution in [-0.2, 0) is 17.6 Å². The number of Topliss-reactive ketones (excluding diaryl/α,β-unsaturated/α-hetero) is 1. The molecule has 0 saturated heterocycles. The van der Waals surface area contributed by atoms with Gasteiger partial charge >= 0.3 is 0 Å². The number of hydrogen-bond donors (Lipinski definition) is 0. The first-order valence-electron chi connectivity index (χ1n) is 14.5. The molecule has 6 heteroatoms. The SMILES string of the molecule is CC(C)[Si](C(C)C)(C(C)C)n1c2c(c3cc(Br)ccc31)CC(N(C)C)CC2.CN(C)C1CCC(=O)CC1. The normalized spacial score (nSPS) is 19.4. The van der Waals surface area contributed by atoms with Crippen LogP contribution in [0.5, 0.6) is 0 Å². The molecule has 1 unspecified atom stereocenters. The third-order valence-electron chi connectivity index (χ3n) is 9.43. The van der Waals surface area contributed by atoms with E-state index in [1.807, 2.05) is 0 Å². The molecule has 37 heavy (non-hydrogen) atoms. The molecule has 1 fully saturated rings. The maximum atomic E-state index is 10.8. The van der Waals surface area contributed by atoms with Crippen molar-refractivity contribution in [1.29, 1.82) is 0 Å².